The van der Waals surface area contributed by atoms with Gasteiger partial charge in [-0.05, 0) is 60.9 Å². The van der Waals surface area contributed by atoms with E-state index in [1.165, 1.54) is 28.4 Å². The predicted octanol–water partition coefficient (Wildman–Crippen LogP) is 3.11. The average Bonchev–Trinajstić information content (AvgIpc) is 3.73. The first-order chi connectivity index (χ1) is 19.7. The summed E-state index contributed by atoms with van der Waals surface area (Å²) in [5, 5.41) is 21.1. The van der Waals surface area contributed by atoms with Gasteiger partial charge in [-0.2, -0.15) is 13.2 Å². The second-order valence-corrected chi connectivity index (χ2v) is 9.80. The maximum atomic E-state index is 12.8. The van der Waals surface area contributed by atoms with Gasteiger partial charge < -0.3 is 10.6 Å². The number of aromatic nitrogens is 7. The quantitative estimate of drug-likeness (QED) is 0.266. The zero-order valence-electron chi connectivity index (χ0n) is 22.1. The van der Waals surface area contributed by atoms with Gasteiger partial charge in [0.15, 0.2) is 11.4 Å². The fourth-order valence-corrected chi connectivity index (χ4v) is 4.59. The molecule has 0 radical (unpaired) electrons. The fourth-order valence-electron chi connectivity index (χ4n) is 4.59. The molecule has 0 unspecified atom stereocenters. The van der Waals surface area contributed by atoms with Gasteiger partial charge in [0, 0.05) is 25.8 Å². The van der Waals surface area contributed by atoms with Crippen LogP contribution < -0.4 is 10.6 Å². The molecule has 1 aliphatic carbocycles. The van der Waals surface area contributed by atoms with Crippen LogP contribution in [0.3, 0.4) is 0 Å². The summed E-state index contributed by atoms with van der Waals surface area (Å²) in [6.45, 7) is 1.27. The van der Waals surface area contributed by atoms with Gasteiger partial charge in [-0.15, -0.1) is 10.2 Å². The van der Waals surface area contributed by atoms with Crippen molar-refractivity contribution in [1.29, 1.82) is 0 Å². The Morgan fingerprint density at radius 1 is 0.829 bits per heavy atom. The Hall–Kier alpha value is -4.62. The minimum absolute atomic E-state index is 0.0452. The van der Waals surface area contributed by atoms with Gasteiger partial charge in [-0.3, -0.25) is 23.9 Å². The molecule has 41 heavy (non-hydrogen) atoms. The largest absolute Gasteiger partial charge is 0.416 e. The van der Waals surface area contributed by atoms with E-state index in [2.05, 4.69) is 48.4 Å². The molecule has 0 fully saturated rings. The van der Waals surface area contributed by atoms with Crippen LogP contribution in [0.1, 0.15) is 68.2 Å². The van der Waals surface area contributed by atoms with Gasteiger partial charge in [-0.1, -0.05) is 28.6 Å². The van der Waals surface area contributed by atoms with Gasteiger partial charge in [0.2, 0.25) is 0 Å². The monoisotopic (exact) mass is 567 g/mol. The van der Waals surface area contributed by atoms with E-state index in [1.807, 2.05) is 6.07 Å². The second-order valence-electron chi connectivity index (χ2n) is 9.80. The lowest BCUT2D eigenvalue weighted by atomic mass is 10.1. The first-order valence-corrected chi connectivity index (χ1v) is 13.2. The van der Waals surface area contributed by atoms with E-state index >= 15 is 0 Å². The number of alkyl halides is 3. The molecule has 0 aliphatic heterocycles. The Balaban J connectivity index is 1.02. The molecule has 0 spiro atoms. The fraction of sp³-hybridized carbons (Fsp3) is 0.370. The number of pyridine rings is 1. The molecule has 2 amide bonds. The predicted molar refractivity (Wildman–Crippen MR) is 139 cm³/mol. The molecule has 0 atom stereocenters. The van der Waals surface area contributed by atoms with Crippen molar-refractivity contribution in [3.8, 4) is 0 Å². The van der Waals surface area contributed by atoms with Crippen molar-refractivity contribution < 1.29 is 22.8 Å². The lowest BCUT2D eigenvalue weighted by molar-refractivity contribution is -0.137. The van der Waals surface area contributed by atoms with Crippen molar-refractivity contribution in [2.24, 2.45) is 0 Å². The lowest BCUT2D eigenvalue weighted by Gasteiger charge is -2.08. The third kappa shape index (κ3) is 7.32. The third-order valence-corrected chi connectivity index (χ3v) is 6.76. The highest BCUT2D eigenvalue weighted by Crippen LogP contribution is 2.29. The van der Waals surface area contributed by atoms with E-state index in [4.69, 9.17) is 0 Å². The van der Waals surface area contributed by atoms with E-state index in [0.29, 0.717) is 32.5 Å². The number of nitrogens with one attached hydrogen (secondary N) is 2. The van der Waals surface area contributed by atoms with Gasteiger partial charge in [0.05, 0.1) is 30.2 Å². The lowest BCUT2D eigenvalue weighted by Crippen LogP contribution is -2.24. The van der Waals surface area contributed by atoms with Crippen molar-refractivity contribution in [1.82, 2.24) is 45.6 Å². The number of fused-ring (bicyclic) bond motifs is 1. The number of amides is 2. The van der Waals surface area contributed by atoms with Gasteiger partial charge in [-0.25, -0.2) is 0 Å². The number of rotatable bonds is 11. The normalized spacial score (nSPS) is 12.8. The van der Waals surface area contributed by atoms with E-state index in [1.54, 1.807) is 10.9 Å². The topological polar surface area (TPSA) is 133 Å². The third-order valence-electron chi connectivity index (χ3n) is 6.76. The molecule has 214 valence electrons. The molecule has 0 saturated carbocycles. The molecule has 3 heterocycles. The number of carbonyl (C=O) groups excluding carboxylic acids is 2. The molecule has 14 heteroatoms. The number of hydrogen-bond donors (Lipinski definition) is 2. The van der Waals surface area contributed by atoms with Crippen LogP contribution in [-0.2, 0) is 45.2 Å². The number of carbonyl (C=O) groups is 2. The van der Waals surface area contributed by atoms with Crippen LogP contribution in [0.4, 0.5) is 13.2 Å². The van der Waals surface area contributed by atoms with Crippen LogP contribution in [0.2, 0.25) is 0 Å². The van der Waals surface area contributed by atoms with Gasteiger partial charge in [0.25, 0.3) is 11.8 Å². The molecule has 0 saturated heterocycles. The summed E-state index contributed by atoms with van der Waals surface area (Å²) in [5.41, 5.74) is 3.35. The summed E-state index contributed by atoms with van der Waals surface area (Å²) in [4.78, 5) is 28.7. The molecule has 11 nitrogen and oxygen atoms in total. The molecule has 0 bridgehead atoms. The highest BCUT2D eigenvalue weighted by molar-refractivity contribution is 5.92. The van der Waals surface area contributed by atoms with Crippen molar-refractivity contribution >= 4 is 11.8 Å². The number of aryl methyl sites for hydroxylation is 4. The number of unbranched alkanes of at least 4 members (excludes halogenated alkanes) is 1. The summed E-state index contributed by atoms with van der Waals surface area (Å²) in [5.74, 6) is -0.853. The molecule has 3 aromatic heterocycles. The Labute approximate surface area is 233 Å². The number of hydrogen-bond acceptors (Lipinski definition) is 7. The zero-order valence-corrected chi connectivity index (χ0v) is 22.1. The first-order valence-electron chi connectivity index (χ1n) is 13.2. The van der Waals surface area contributed by atoms with Crippen LogP contribution in [-0.4, -0.2) is 46.8 Å². The molecule has 2 N–H and O–H groups in total. The van der Waals surface area contributed by atoms with Crippen molar-refractivity contribution in [2.45, 2.75) is 64.5 Å². The number of benzene rings is 1. The first kappa shape index (κ1) is 27.9. The van der Waals surface area contributed by atoms with E-state index in [-0.39, 0.29) is 29.5 Å². The van der Waals surface area contributed by atoms with Crippen LogP contribution in [0, 0.1) is 0 Å². The van der Waals surface area contributed by atoms with Gasteiger partial charge in [0.1, 0.15) is 0 Å². The van der Waals surface area contributed by atoms with E-state index < -0.39 is 17.6 Å². The molecular weight excluding hydrogens is 539 g/mol. The molecule has 4 aromatic rings. The summed E-state index contributed by atoms with van der Waals surface area (Å²) >= 11 is 0. The summed E-state index contributed by atoms with van der Waals surface area (Å²) in [6, 6.07) is 8.09. The minimum atomic E-state index is -4.49. The Kier molecular flexibility index (Phi) is 8.36. The maximum Gasteiger partial charge on any atom is 0.416 e. The number of nitrogens with zero attached hydrogens (tertiary/aromatic N) is 7. The Bertz CT molecular complexity index is 1530. The maximum absolute atomic E-state index is 12.8. The molecule has 5 rings (SSSR count). The van der Waals surface area contributed by atoms with Crippen LogP contribution in [0.5, 0.6) is 0 Å². The SMILES string of the molecule is O=C(NCc1ccc2c(c1)CCC2)c1cn(CCCCn2cc(C(=O)NCc3cc(C(F)(F)F)ccn3)nn2)nn1. The number of halogens is 3. The van der Waals surface area contributed by atoms with Crippen molar-refractivity contribution in [2.75, 3.05) is 0 Å². The van der Waals surface area contributed by atoms with E-state index in [0.717, 1.165) is 36.7 Å². The zero-order chi connectivity index (χ0) is 28.8. The van der Waals surface area contributed by atoms with Crippen LogP contribution in [0.25, 0.3) is 0 Å². The van der Waals surface area contributed by atoms with E-state index in [9.17, 15) is 22.8 Å². The summed E-state index contributed by atoms with van der Waals surface area (Å²) in [7, 11) is 0. The van der Waals surface area contributed by atoms with Gasteiger partial charge >= 0.3 is 6.18 Å². The second kappa shape index (κ2) is 12.3. The Morgan fingerprint density at radius 2 is 1.46 bits per heavy atom. The highest BCUT2D eigenvalue weighted by atomic mass is 19.4. The summed E-state index contributed by atoms with van der Waals surface area (Å²) in [6.07, 6.45) is 4.42. The standard InChI is InChI=1S/C27H28F3N9O2/c28-27(29,30)21-8-9-31-22(13-21)15-33-26(41)24-17-39(37-35-24)11-2-1-10-38-16-23(34-36-38)25(40)32-14-18-6-7-19-4-3-5-20(19)12-18/h6-9,12-13,16-17H,1-5,10-11,14-15H2,(H,32,40)(H,33,41). The Morgan fingerprint density at radius 3 is 2.12 bits per heavy atom. The summed E-state index contributed by atoms with van der Waals surface area (Å²) < 4.78 is 41.6. The van der Waals surface area contributed by atoms with Crippen LogP contribution in [0.15, 0.2) is 48.9 Å². The minimum Gasteiger partial charge on any atom is -0.347 e. The molecule has 1 aliphatic rings. The molecular formula is C27H28F3N9O2. The molecule has 1 aromatic carbocycles. The van der Waals surface area contributed by atoms with Crippen molar-refractivity contribution in [3.05, 3.63) is 88.3 Å². The van der Waals surface area contributed by atoms with Crippen molar-refractivity contribution in [3.63, 3.8) is 0 Å². The van der Waals surface area contributed by atoms with Crippen LogP contribution >= 0.6 is 0 Å². The highest BCUT2D eigenvalue weighted by Gasteiger charge is 2.30. The smallest absolute Gasteiger partial charge is 0.347 e. The average molecular weight is 568 g/mol.